The molecule has 140 valence electrons. The highest BCUT2D eigenvalue weighted by molar-refractivity contribution is 14.1. The Kier molecular flexibility index (Phi) is 4.03. The van der Waals surface area contributed by atoms with Gasteiger partial charge >= 0.3 is 0 Å². The molecule has 4 aliphatic carbocycles. The van der Waals surface area contributed by atoms with Gasteiger partial charge in [0, 0.05) is 6.04 Å². The summed E-state index contributed by atoms with van der Waals surface area (Å²) in [6, 6.07) is 0.413. The van der Waals surface area contributed by atoms with E-state index in [4.69, 9.17) is 4.74 Å². The molecule has 0 aromatic carbocycles. The molecule has 0 spiro atoms. The van der Waals surface area contributed by atoms with Crippen LogP contribution in [0, 0.1) is 28.6 Å². The fourth-order valence-electron chi connectivity index (χ4n) is 7.34. The maximum atomic E-state index is 12.2. The summed E-state index contributed by atoms with van der Waals surface area (Å²) in [5.74, 6) is 2.77. The summed E-state index contributed by atoms with van der Waals surface area (Å²) < 4.78 is 6.63. The van der Waals surface area contributed by atoms with Crippen LogP contribution in [0.15, 0.2) is 0 Å². The van der Waals surface area contributed by atoms with Crippen molar-refractivity contribution >= 4 is 28.5 Å². The van der Waals surface area contributed by atoms with E-state index in [1.54, 1.807) is 0 Å². The summed E-state index contributed by atoms with van der Waals surface area (Å²) >= 11 is 2.37. The van der Waals surface area contributed by atoms with Gasteiger partial charge in [-0.05, 0) is 86.4 Å². The Morgan fingerprint density at radius 2 is 1.76 bits per heavy atom. The molecule has 1 heterocycles. The number of carbonyl (C=O) groups is 1. The summed E-state index contributed by atoms with van der Waals surface area (Å²) in [5, 5.41) is 3.38. The number of nitrogens with one attached hydrogen (secondary N) is 1. The largest absolute Gasteiger partial charge is 0.374 e. The van der Waals surface area contributed by atoms with Crippen LogP contribution in [0.5, 0.6) is 0 Å². The van der Waals surface area contributed by atoms with Crippen molar-refractivity contribution in [2.75, 3.05) is 0 Å². The van der Waals surface area contributed by atoms with Crippen molar-refractivity contribution < 1.29 is 9.53 Å². The molecule has 0 radical (unpaired) electrons. The van der Waals surface area contributed by atoms with Gasteiger partial charge in [0.05, 0.1) is 16.1 Å². The van der Waals surface area contributed by atoms with E-state index in [0.29, 0.717) is 29.1 Å². The van der Waals surface area contributed by atoms with Crippen LogP contribution in [0.2, 0.25) is 0 Å². The van der Waals surface area contributed by atoms with Gasteiger partial charge in [0.25, 0.3) is 0 Å². The first-order valence-corrected chi connectivity index (χ1v) is 11.8. The molecule has 4 saturated carbocycles. The van der Waals surface area contributed by atoms with E-state index in [9.17, 15) is 4.79 Å². The quantitative estimate of drug-likeness (QED) is 0.491. The Hall–Kier alpha value is 0.160. The molecule has 5 fully saturated rings. The molecule has 3 unspecified atom stereocenters. The van der Waals surface area contributed by atoms with E-state index in [0.717, 1.165) is 24.2 Å². The fourth-order valence-corrected chi connectivity index (χ4v) is 8.47. The summed E-state index contributed by atoms with van der Waals surface area (Å²) in [4.78, 5) is 12.2. The Bertz CT molecular complexity index is 578. The van der Waals surface area contributed by atoms with E-state index in [2.05, 4.69) is 41.8 Å². The SMILES string of the molecule is C[C@]12CC(I)C(=O)NC1CC[C@@H]1[C@H]2CC[C@]2(C)C(OC3CC3)CC[C@@H]12. The minimum Gasteiger partial charge on any atom is -0.374 e. The number of halogens is 1. The van der Waals surface area contributed by atoms with E-state index in [1.807, 2.05) is 0 Å². The molecule has 0 aromatic heterocycles. The average molecular weight is 457 g/mol. The molecular formula is C21H32INO2. The zero-order valence-corrected chi connectivity index (χ0v) is 17.8. The molecule has 5 rings (SSSR count). The predicted octanol–water partition coefficient (Wildman–Crippen LogP) is 4.47. The summed E-state index contributed by atoms with van der Waals surface area (Å²) in [6.45, 7) is 5.04. The van der Waals surface area contributed by atoms with Crippen molar-refractivity contribution in [2.45, 2.75) is 93.8 Å². The topological polar surface area (TPSA) is 38.3 Å². The van der Waals surface area contributed by atoms with Crippen LogP contribution in [0.3, 0.4) is 0 Å². The third kappa shape index (κ3) is 2.55. The zero-order chi connectivity index (χ0) is 17.4. The Morgan fingerprint density at radius 1 is 1.00 bits per heavy atom. The van der Waals surface area contributed by atoms with Crippen LogP contribution in [0.1, 0.15) is 71.6 Å². The molecule has 0 bridgehead atoms. The highest BCUT2D eigenvalue weighted by Crippen LogP contribution is 2.65. The summed E-state index contributed by atoms with van der Waals surface area (Å²) in [5.41, 5.74) is 0.716. The summed E-state index contributed by atoms with van der Waals surface area (Å²) in [6.07, 6.45) is 12.6. The number of alkyl halides is 1. The lowest BCUT2D eigenvalue weighted by atomic mass is 9.47. The maximum Gasteiger partial charge on any atom is 0.233 e. The van der Waals surface area contributed by atoms with E-state index >= 15 is 0 Å². The van der Waals surface area contributed by atoms with Crippen molar-refractivity contribution in [1.82, 2.24) is 5.32 Å². The number of ether oxygens (including phenoxy) is 1. The molecular weight excluding hydrogens is 425 g/mol. The van der Waals surface area contributed by atoms with E-state index in [1.165, 1.54) is 51.4 Å². The van der Waals surface area contributed by atoms with Crippen molar-refractivity contribution in [2.24, 2.45) is 28.6 Å². The van der Waals surface area contributed by atoms with Gasteiger partial charge in [-0.25, -0.2) is 0 Å². The first-order valence-electron chi connectivity index (χ1n) is 10.5. The lowest BCUT2D eigenvalue weighted by Crippen LogP contribution is -2.63. The molecule has 0 aromatic rings. The zero-order valence-electron chi connectivity index (χ0n) is 15.6. The highest BCUT2D eigenvalue weighted by atomic mass is 127. The molecule has 1 saturated heterocycles. The molecule has 25 heavy (non-hydrogen) atoms. The number of hydrogen-bond acceptors (Lipinski definition) is 2. The van der Waals surface area contributed by atoms with Gasteiger partial charge < -0.3 is 10.1 Å². The van der Waals surface area contributed by atoms with Crippen LogP contribution in [0.4, 0.5) is 0 Å². The molecule has 1 amide bonds. The lowest BCUT2D eigenvalue weighted by Gasteiger charge is -2.60. The molecule has 4 heteroatoms. The van der Waals surface area contributed by atoms with Gasteiger partial charge in [0.15, 0.2) is 0 Å². The van der Waals surface area contributed by atoms with Gasteiger partial charge in [-0.15, -0.1) is 0 Å². The first kappa shape index (κ1) is 17.3. The molecule has 1 N–H and O–H groups in total. The number of amides is 1. The minimum absolute atomic E-state index is 0.153. The minimum atomic E-state index is 0.153. The van der Waals surface area contributed by atoms with E-state index in [-0.39, 0.29) is 9.83 Å². The molecule has 5 aliphatic rings. The molecule has 1 aliphatic heterocycles. The van der Waals surface area contributed by atoms with Crippen molar-refractivity contribution in [3.63, 3.8) is 0 Å². The lowest BCUT2D eigenvalue weighted by molar-refractivity contribution is -0.140. The standard InChI is InChI=1S/C21H32INO2/c1-20-10-9-15-13(14(20)6-8-18(20)25-12-3-4-12)5-7-17-21(15,2)11-16(22)19(24)23-17/h12-18H,3-11H2,1-2H3,(H,23,24)/t13-,14-,15+,16?,17?,18?,20-,21+/m0/s1. The number of carbonyl (C=O) groups excluding carboxylic acids is 1. The highest BCUT2D eigenvalue weighted by Gasteiger charge is 2.61. The molecule has 3 nitrogen and oxygen atoms in total. The average Bonchev–Trinajstić information content (AvgIpc) is 3.32. The third-order valence-corrected chi connectivity index (χ3v) is 9.89. The van der Waals surface area contributed by atoms with E-state index < -0.39 is 0 Å². The van der Waals surface area contributed by atoms with Crippen molar-refractivity contribution in [3.05, 3.63) is 0 Å². The van der Waals surface area contributed by atoms with Crippen molar-refractivity contribution in [1.29, 1.82) is 0 Å². The number of fused-ring (bicyclic) bond motifs is 5. The Labute approximate surface area is 165 Å². The number of rotatable bonds is 2. The third-order valence-electron chi connectivity index (χ3n) is 8.88. The van der Waals surface area contributed by atoms with Gasteiger partial charge in [-0.1, -0.05) is 36.4 Å². The smallest absolute Gasteiger partial charge is 0.233 e. The van der Waals surface area contributed by atoms with Crippen LogP contribution < -0.4 is 5.32 Å². The van der Waals surface area contributed by atoms with Gasteiger partial charge in [0.1, 0.15) is 0 Å². The second-order valence-corrected chi connectivity index (χ2v) is 11.6. The van der Waals surface area contributed by atoms with Gasteiger partial charge in [-0.3, -0.25) is 4.79 Å². The van der Waals surface area contributed by atoms with Crippen LogP contribution in [-0.2, 0) is 9.53 Å². The number of hydrogen-bond donors (Lipinski definition) is 1. The predicted molar refractivity (Wildman–Crippen MR) is 107 cm³/mol. The van der Waals surface area contributed by atoms with Gasteiger partial charge in [-0.2, -0.15) is 0 Å². The maximum absolute atomic E-state index is 12.2. The normalized spacial score (nSPS) is 55.1. The van der Waals surface area contributed by atoms with Crippen LogP contribution in [-0.4, -0.2) is 28.1 Å². The fraction of sp³-hybridized carbons (Fsp3) is 0.952. The number of piperidine rings is 1. The van der Waals surface area contributed by atoms with Crippen LogP contribution >= 0.6 is 22.6 Å². The monoisotopic (exact) mass is 457 g/mol. The first-order chi connectivity index (χ1) is 11.9. The Balaban J connectivity index is 1.40. The van der Waals surface area contributed by atoms with Crippen molar-refractivity contribution in [3.8, 4) is 0 Å². The second kappa shape index (κ2) is 5.83. The second-order valence-electron chi connectivity index (χ2n) is 10.1. The molecule has 8 atom stereocenters. The summed E-state index contributed by atoms with van der Waals surface area (Å²) in [7, 11) is 0. The van der Waals surface area contributed by atoms with Gasteiger partial charge in [0.2, 0.25) is 5.91 Å². The Morgan fingerprint density at radius 3 is 2.52 bits per heavy atom. The van der Waals surface area contributed by atoms with Crippen LogP contribution in [0.25, 0.3) is 0 Å².